The molecule has 1 saturated heterocycles. The molecule has 2 rings (SSSR count). The number of benzene rings is 1. The zero-order valence-electron chi connectivity index (χ0n) is 9.96. The van der Waals surface area contributed by atoms with Gasteiger partial charge < -0.3 is 14.6 Å². The van der Waals surface area contributed by atoms with Crippen molar-refractivity contribution < 1.29 is 19.4 Å². The predicted molar refractivity (Wildman–Crippen MR) is 69.3 cm³/mol. The maximum atomic E-state index is 10.8. The summed E-state index contributed by atoms with van der Waals surface area (Å²) in [6, 6.07) is 6.90. The number of rotatable bonds is 5. The molecule has 0 radical (unpaired) electrons. The Morgan fingerprint density at radius 3 is 2.83 bits per heavy atom. The fourth-order valence-corrected chi connectivity index (χ4v) is 2.76. The minimum Gasteiger partial charge on any atom is -0.493 e. The molecule has 5 nitrogen and oxygen atoms in total. The smallest absolute Gasteiger partial charge is 0.321 e. The Hall–Kier alpha value is -1.40. The topological polar surface area (TPSA) is 67.8 Å². The number of carboxylic acid groups (broad SMARTS) is 1. The molecule has 2 N–H and O–H groups in total. The first-order chi connectivity index (χ1) is 8.70. The number of methoxy groups -OCH3 is 1. The molecule has 2 atom stereocenters. The molecule has 1 unspecified atom stereocenters. The molecule has 98 valence electrons. The van der Waals surface area contributed by atoms with Crippen LogP contribution in [0.3, 0.4) is 0 Å². The number of carbonyl (C=O) groups is 1. The van der Waals surface area contributed by atoms with Crippen molar-refractivity contribution in [3.05, 3.63) is 24.3 Å². The number of aliphatic carboxylic acids is 1. The van der Waals surface area contributed by atoms with Crippen LogP contribution in [-0.4, -0.2) is 42.0 Å². The highest BCUT2D eigenvalue weighted by molar-refractivity contribution is 8.00. The van der Waals surface area contributed by atoms with Crippen molar-refractivity contribution in [2.24, 2.45) is 0 Å². The minimum atomic E-state index is -0.817. The van der Waals surface area contributed by atoms with Gasteiger partial charge in [0.05, 0.1) is 12.5 Å². The van der Waals surface area contributed by atoms with E-state index in [0.29, 0.717) is 23.9 Å². The first-order valence-corrected chi connectivity index (χ1v) is 6.62. The molecule has 0 saturated carbocycles. The van der Waals surface area contributed by atoms with Crippen molar-refractivity contribution in [1.29, 1.82) is 0 Å². The molecule has 0 aliphatic carbocycles. The molecule has 18 heavy (non-hydrogen) atoms. The van der Waals surface area contributed by atoms with Gasteiger partial charge in [0, 0.05) is 5.75 Å². The Balaban J connectivity index is 1.87. The van der Waals surface area contributed by atoms with Gasteiger partial charge in [-0.1, -0.05) is 12.1 Å². The van der Waals surface area contributed by atoms with Crippen molar-refractivity contribution in [1.82, 2.24) is 5.32 Å². The molecular weight excluding hydrogens is 254 g/mol. The number of hydrogen-bond acceptors (Lipinski definition) is 5. The van der Waals surface area contributed by atoms with Gasteiger partial charge >= 0.3 is 5.97 Å². The van der Waals surface area contributed by atoms with Crippen LogP contribution in [-0.2, 0) is 4.79 Å². The number of hydrogen-bond donors (Lipinski definition) is 2. The van der Waals surface area contributed by atoms with Gasteiger partial charge in [-0.3, -0.25) is 10.1 Å². The number of ether oxygens (including phenoxy) is 2. The van der Waals surface area contributed by atoms with Gasteiger partial charge in [0.2, 0.25) is 0 Å². The second kappa shape index (κ2) is 5.97. The van der Waals surface area contributed by atoms with Crippen LogP contribution in [0.4, 0.5) is 0 Å². The van der Waals surface area contributed by atoms with Crippen LogP contribution in [0.25, 0.3) is 0 Å². The number of nitrogens with one attached hydrogen (secondary N) is 1. The lowest BCUT2D eigenvalue weighted by Crippen LogP contribution is -2.38. The van der Waals surface area contributed by atoms with Gasteiger partial charge in [-0.05, 0) is 12.1 Å². The molecular formula is C12H15NO4S. The lowest BCUT2D eigenvalue weighted by Gasteiger charge is -2.14. The molecule has 0 amide bonds. The Labute approximate surface area is 109 Å². The van der Waals surface area contributed by atoms with E-state index in [1.54, 1.807) is 18.9 Å². The van der Waals surface area contributed by atoms with E-state index in [2.05, 4.69) is 5.32 Å². The first kappa shape index (κ1) is 13.0. The van der Waals surface area contributed by atoms with Gasteiger partial charge in [-0.15, -0.1) is 11.8 Å². The maximum absolute atomic E-state index is 10.8. The quantitative estimate of drug-likeness (QED) is 0.837. The van der Waals surface area contributed by atoms with Crippen LogP contribution in [0.15, 0.2) is 24.3 Å². The van der Waals surface area contributed by atoms with E-state index < -0.39 is 12.0 Å². The van der Waals surface area contributed by atoms with E-state index >= 15 is 0 Å². The highest BCUT2D eigenvalue weighted by atomic mass is 32.2. The van der Waals surface area contributed by atoms with Crippen LogP contribution in [0, 0.1) is 0 Å². The summed E-state index contributed by atoms with van der Waals surface area (Å²) in [6.07, 6.45) is 0. The Kier molecular flexibility index (Phi) is 4.33. The average molecular weight is 269 g/mol. The third-order valence-corrected chi connectivity index (χ3v) is 3.81. The Bertz CT molecular complexity index is 426. The highest BCUT2D eigenvalue weighted by Crippen LogP contribution is 2.27. The van der Waals surface area contributed by atoms with Gasteiger partial charge in [-0.2, -0.15) is 0 Å². The van der Waals surface area contributed by atoms with Crippen LogP contribution in [0.1, 0.15) is 0 Å². The van der Waals surface area contributed by atoms with E-state index in [9.17, 15) is 4.79 Å². The largest absolute Gasteiger partial charge is 0.493 e. The van der Waals surface area contributed by atoms with Crippen LogP contribution in [0.5, 0.6) is 11.5 Å². The molecule has 0 aromatic heterocycles. The minimum absolute atomic E-state index is 0.00369. The summed E-state index contributed by atoms with van der Waals surface area (Å²) in [5, 5.41) is 11.9. The van der Waals surface area contributed by atoms with Crippen LogP contribution >= 0.6 is 11.8 Å². The van der Waals surface area contributed by atoms with Crippen LogP contribution < -0.4 is 14.8 Å². The third-order valence-electron chi connectivity index (χ3n) is 2.61. The number of carboxylic acids is 1. The first-order valence-electron chi connectivity index (χ1n) is 5.57. The van der Waals surface area contributed by atoms with Crippen molar-refractivity contribution in [3.63, 3.8) is 0 Å². The molecule has 0 bridgehead atoms. The second-order valence-corrected chi connectivity index (χ2v) is 5.08. The zero-order chi connectivity index (χ0) is 13.0. The summed E-state index contributed by atoms with van der Waals surface area (Å²) in [6.45, 7) is 0.412. The van der Waals surface area contributed by atoms with E-state index in [-0.39, 0.29) is 5.37 Å². The van der Waals surface area contributed by atoms with Crippen molar-refractivity contribution in [3.8, 4) is 11.5 Å². The van der Waals surface area contributed by atoms with Crippen molar-refractivity contribution in [2.45, 2.75) is 11.4 Å². The van der Waals surface area contributed by atoms with Gasteiger partial charge in [0.25, 0.3) is 0 Å². The summed E-state index contributed by atoms with van der Waals surface area (Å²) >= 11 is 1.55. The SMILES string of the molecule is COc1ccccc1OCC1N[C@H](C(=O)O)CS1. The molecule has 1 heterocycles. The monoisotopic (exact) mass is 269 g/mol. The average Bonchev–Trinajstić information content (AvgIpc) is 2.85. The normalized spacial score (nSPS) is 22.7. The second-order valence-electron chi connectivity index (χ2n) is 3.84. The van der Waals surface area contributed by atoms with Crippen molar-refractivity contribution >= 4 is 17.7 Å². The Morgan fingerprint density at radius 2 is 2.22 bits per heavy atom. The zero-order valence-corrected chi connectivity index (χ0v) is 10.8. The Morgan fingerprint density at radius 1 is 1.50 bits per heavy atom. The number of para-hydroxylation sites is 2. The molecule has 1 fully saturated rings. The molecule has 1 aromatic rings. The summed E-state index contributed by atoms with van der Waals surface area (Å²) in [4.78, 5) is 10.8. The van der Waals surface area contributed by atoms with E-state index in [1.807, 2.05) is 24.3 Å². The van der Waals surface area contributed by atoms with E-state index in [4.69, 9.17) is 14.6 Å². The predicted octanol–water partition coefficient (Wildman–Crippen LogP) is 1.19. The molecule has 0 spiro atoms. The van der Waals surface area contributed by atoms with Crippen molar-refractivity contribution in [2.75, 3.05) is 19.5 Å². The summed E-state index contributed by atoms with van der Waals surface area (Å²) in [5.74, 6) is 1.09. The summed E-state index contributed by atoms with van der Waals surface area (Å²) in [5.41, 5.74) is 0. The van der Waals surface area contributed by atoms with Gasteiger partial charge in [0.1, 0.15) is 12.6 Å². The van der Waals surface area contributed by atoms with Crippen LogP contribution in [0.2, 0.25) is 0 Å². The lowest BCUT2D eigenvalue weighted by molar-refractivity contribution is -0.138. The molecule has 1 aliphatic rings. The maximum Gasteiger partial charge on any atom is 0.321 e. The lowest BCUT2D eigenvalue weighted by atomic mass is 10.3. The third kappa shape index (κ3) is 3.08. The summed E-state index contributed by atoms with van der Waals surface area (Å²) < 4.78 is 10.8. The van der Waals surface area contributed by atoms with Gasteiger partial charge in [-0.25, -0.2) is 0 Å². The highest BCUT2D eigenvalue weighted by Gasteiger charge is 2.29. The van der Waals surface area contributed by atoms with Gasteiger partial charge in [0.15, 0.2) is 11.5 Å². The molecule has 6 heteroatoms. The fourth-order valence-electron chi connectivity index (χ4n) is 1.68. The van der Waals surface area contributed by atoms with E-state index in [1.165, 1.54) is 0 Å². The number of thioether (sulfide) groups is 1. The molecule has 1 aromatic carbocycles. The standard InChI is InChI=1S/C12H15NO4S/c1-16-9-4-2-3-5-10(9)17-6-11-13-8(7-18-11)12(14)15/h2-5,8,11,13H,6-7H2,1H3,(H,14,15)/t8-,11?/m0/s1. The summed E-state index contributed by atoms with van der Waals surface area (Å²) in [7, 11) is 1.59. The van der Waals surface area contributed by atoms with E-state index in [0.717, 1.165) is 0 Å². The fraction of sp³-hybridized carbons (Fsp3) is 0.417. The molecule has 1 aliphatic heterocycles.